The van der Waals surface area contributed by atoms with Crippen LogP contribution in [-0.2, 0) is 6.54 Å². The van der Waals surface area contributed by atoms with Crippen LogP contribution in [0.3, 0.4) is 0 Å². The van der Waals surface area contributed by atoms with E-state index >= 15 is 0 Å². The lowest BCUT2D eigenvalue weighted by molar-refractivity contribution is -0.384. The second-order valence-corrected chi connectivity index (χ2v) is 5.28. The van der Waals surface area contributed by atoms with E-state index < -0.39 is 10.7 Å². The molecule has 1 N–H and O–H groups in total. The van der Waals surface area contributed by atoms with Crippen LogP contribution >= 0.6 is 23.2 Å². The number of nitrogens with zero attached hydrogens (tertiary/aromatic N) is 1. The summed E-state index contributed by atoms with van der Waals surface area (Å²) in [6.45, 7) is 2.09. The second-order valence-electron chi connectivity index (χ2n) is 4.46. The number of hydrogen-bond donors (Lipinski definition) is 1. The van der Waals surface area contributed by atoms with Gasteiger partial charge in [0, 0.05) is 23.3 Å². The van der Waals surface area contributed by atoms with E-state index in [1.165, 1.54) is 24.3 Å². The highest BCUT2D eigenvalue weighted by molar-refractivity contribution is 6.33. The van der Waals surface area contributed by atoms with Gasteiger partial charge in [-0.25, -0.2) is 4.39 Å². The summed E-state index contributed by atoms with van der Waals surface area (Å²) in [6, 6.07) is 7.02. The van der Waals surface area contributed by atoms with Gasteiger partial charge in [-0.3, -0.25) is 10.1 Å². The van der Waals surface area contributed by atoms with Gasteiger partial charge in [-0.05, 0) is 36.2 Å². The summed E-state index contributed by atoms with van der Waals surface area (Å²) in [5.41, 5.74) is 1.92. The zero-order chi connectivity index (χ0) is 15.6. The zero-order valence-electron chi connectivity index (χ0n) is 11.0. The van der Waals surface area contributed by atoms with Gasteiger partial charge in [0.1, 0.15) is 10.8 Å². The standard InChI is InChI=1S/C14H11Cl2FN2O2/c1-8-4-14(19(20)21)12(16)6-13(8)18-7-9-2-3-10(17)5-11(9)15/h2-6,18H,7H2,1H3. The Labute approximate surface area is 130 Å². The maximum absolute atomic E-state index is 13.0. The number of nitrogens with one attached hydrogen (secondary N) is 1. The monoisotopic (exact) mass is 328 g/mol. The van der Waals surface area contributed by atoms with Gasteiger partial charge in [0.2, 0.25) is 0 Å². The van der Waals surface area contributed by atoms with Crippen LogP contribution in [0.5, 0.6) is 0 Å². The molecule has 0 fully saturated rings. The van der Waals surface area contributed by atoms with E-state index in [4.69, 9.17) is 23.2 Å². The minimum atomic E-state index is -0.532. The fourth-order valence-electron chi connectivity index (χ4n) is 1.85. The minimum absolute atomic E-state index is 0.0540. The molecular weight excluding hydrogens is 318 g/mol. The largest absolute Gasteiger partial charge is 0.381 e. The molecule has 110 valence electrons. The van der Waals surface area contributed by atoms with Gasteiger partial charge >= 0.3 is 0 Å². The third kappa shape index (κ3) is 3.62. The fourth-order valence-corrected chi connectivity index (χ4v) is 2.32. The Morgan fingerprint density at radius 3 is 2.57 bits per heavy atom. The first-order valence-corrected chi connectivity index (χ1v) is 6.76. The van der Waals surface area contributed by atoms with Crippen molar-refractivity contribution in [2.24, 2.45) is 0 Å². The van der Waals surface area contributed by atoms with E-state index in [0.717, 1.165) is 0 Å². The molecule has 0 amide bonds. The SMILES string of the molecule is Cc1cc([N+](=O)[O-])c(Cl)cc1NCc1ccc(F)cc1Cl. The van der Waals surface area contributed by atoms with Gasteiger partial charge in [0.05, 0.1) is 4.92 Å². The Kier molecular flexibility index (Phi) is 4.65. The molecule has 0 spiro atoms. The van der Waals surface area contributed by atoms with Crippen molar-refractivity contribution in [2.75, 3.05) is 5.32 Å². The number of aryl methyl sites for hydroxylation is 1. The first-order valence-electron chi connectivity index (χ1n) is 6.01. The molecular formula is C14H11Cl2FN2O2. The molecule has 2 rings (SSSR count). The summed E-state index contributed by atoms with van der Waals surface area (Å²) in [4.78, 5) is 10.3. The predicted molar refractivity (Wildman–Crippen MR) is 81.6 cm³/mol. The number of nitro groups is 1. The molecule has 0 saturated carbocycles. The Morgan fingerprint density at radius 2 is 1.95 bits per heavy atom. The molecule has 21 heavy (non-hydrogen) atoms. The summed E-state index contributed by atoms with van der Waals surface area (Å²) in [5, 5.41) is 14.2. The highest BCUT2D eigenvalue weighted by Gasteiger charge is 2.15. The zero-order valence-corrected chi connectivity index (χ0v) is 12.5. The molecule has 4 nitrogen and oxygen atoms in total. The van der Waals surface area contributed by atoms with E-state index in [-0.39, 0.29) is 10.7 Å². The number of hydrogen-bond acceptors (Lipinski definition) is 3. The van der Waals surface area contributed by atoms with Crippen molar-refractivity contribution in [1.29, 1.82) is 0 Å². The van der Waals surface area contributed by atoms with Crippen molar-refractivity contribution in [1.82, 2.24) is 0 Å². The van der Waals surface area contributed by atoms with Gasteiger partial charge < -0.3 is 5.32 Å². The Balaban J connectivity index is 2.20. The van der Waals surface area contributed by atoms with Gasteiger partial charge in [-0.15, -0.1) is 0 Å². The van der Waals surface area contributed by atoms with Gasteiger partial charge in [0.15, 0.2) is 0 Å². The highest BCUT2D eigenvalue weighted by atomic mass is 35.5. The molecule has 0 heterocycles. The van der Waals surface area contributed by atoms with Crippen LogP contribution < -0.4 is 5.32 Å². The van der Waals surface area contributed by atoms with Crippen LogP contribution in [0.1, 0.15) is 11.1 Å². The lowest BCUT2D eigenvalue weighted by atomic mass is 10.1. The van der Waals surface area contributed by atoms with Crippen molar-refractivity contribution in [3.63, 3.8) is 0 Å². The number of halogens is 3. The third-order valence-corrected chi connectivity index (χ3v) is 3.63. The van der Waals surface area contributed by atoms with Crippen molar-refractivity contribution < 1.29 is 9.31 Å². The molecule has 2 aromatic rings. The van der Waals surface area contributed by atoms with Crippen LogP contribution in [-0.4, -0.2) is 4.92 Å². The van der Waals surface area contributed by atoms with Crippen LogP contribution in [0.4, 0.5) is 15.8 Å². The van der Waals surface area contributed by atoms with E-state index in [2.05, 4.69) is 5.32 Å². The quantitative estimate of drug-likeness (QED) is 0.637. The summed E-state index contributed by atoms with van der Waals surface area (Å²) in [7, 11) is 0. The predicted octanol–water partition coefficient (Wildman–Crippen LogP) is 4.96. The average molecular weight is 329 g/mol. The highest BCUT2D eigenvalue weighted by Crippen LogP contribution is 2.31. The average Bonchev–Trinajstić information content (AvgIpc) is 2.40. The Morgan fingerprint density at radius 1 is 1.24 bits per heavy atom. The fraction of sp³-hybridized carbons (Fsp3) is 0.143. The molecule has 0 bridgehead atoms. The molecule has 0 aromatic heterocycles. The van der Waals surface area contributed by atoms with Crippen LogP contribution in [0.15, 0.2) is 30.3 Å². The first-order chi connectivity index (χ1) is 9.88. The molecule has 0 radical (unpaired) electrons. The van der Waals surface area contributed by atoms with Crippen LogP contribution in [0, 0.1) is 22.9 Å². The maximum atomic E-state index is 13.0. The minimum Gasteiger partial charge on any atom is -0.381 e. The van der Waals surface area contributed by atoms with Gasteiger partial charge in [-0.2, -0.15) is 0 Å². The molecule has 0 aliphatic carbocycles. The molecule has 0 unspecified atom stereocenters. The topological polar surface area (TPSA) is 55.2 Å². The van der Waals surface area contributed by atoms with E-state index in [0.29, 0.717) is 28.4 Å². The molecule has 0 saturated heterocycles. The molecule has 0 aliphatic rings. The maximum Gasteiger partial charge on any atom is 0.288 e. The van der Waals surface area contributed by atoms with Crippen molar-refractivity contribution in [3.8, 4) is 0 Å². The normalized spacial score (nSPS) is 10.5. The molecule has 0 atom stereocenters. The van der Waals surface area contributed by atoms with E-state index in [9.17, 15) is 14.5 Å². The molecule has 0 aliphatic heterocycles. The molecule has 7 heteroatoms. The number of nitro benzene ring substituents is 1. The van der Waals surface area contributed by atoms with Crippen molar-refractivity contribution >= 4 is 34.6 Å². The van der Waals surface area contributed by atoms with Crippen LogP contribution in [0.25, 0.3) is 0 Å². The van der Waals surface area contributed by atoms with Crippen molar-refractivity contribution in [3.05, 3.63) is 67.4 Å². The summed E-state index contributed by atoms with van der Waals surface area (Å²) < 4.78 is 13.0. The summed E-state index contributed by atoms with van der Waals surface area (Å²) in [6.07, 6.45) is 0. The number of benzene rings is 2. The Bertz CT molecular complexity index is 708. The van der Waals surface area contributed by atoms with E-state index in [1.807, 2.05) is 0 Å². The van der Waals surface area contributed by atoms with Crippen LogP contribution in [0.2, 0.25) is 10.0 Å². The van der Waals surface area contributed by atoms with Gasteiger partial charge in [0.25, 0.3) is 5.69 Å². The number of anilines is 1. The summed E-state index contributed by atoms with van der Waals surface area (Å²) >= 11 is 11.8. The van der Waals surface area contributed by atoms with Crippen molar-refractivity contribution in [2.45, 2.75) is 13.5 Å². The lowest BCUT2D eigenvalue weighted by Crippen LogP contribution is -2.03. The third-order valence-electron chi connectivity index (χ3n) is 2.97. The smallest absolute Gasteiger partial charge is 0.288 e. The van der Waals surface area contributed by atoms with Gasteiger partial charge in [-0.1, -0.05) is 29.3 Å². The number of rotatable bonds is 4. The first kappa shape index (κ1) is 15.5. The lowest BCUT2D eigenvalue weighted by Gasteiger charge is -2.11. The Hall–Kier alpha value is -1.85. The molecule has 2 aromatic carbocycles. The summed E-state index contributed by atoms with van der Waals surface area (Å²) in [5.74, 6) is -0.404. The van der Waals surface area contributed by atoms with E-state index in [1.54, 1.807) is 13.0 Å². The second kappa shape index (κ2) is 6.28.